The lowest BCUT2D eigenvalue weighted by atomic mass is 9.88. The van der Waals surface area contributed by atoms with Crippen molar-refractivity contribution in [2.45, 2.75) is 44.6 Å². The highest BCUT2D eigenvalue weighted by Crippen LogP contribution is 2.34. The SMILES string of the molecule is O=C(C1CC1)N1CC[C@H](OCC2CCOCC2)[C@@H](Cc2ccccc2)C1. The number of carbonyl (C=O) groups excluding carboxylic acids is 1. The molecule has 4 nitrogen and oxygen atoms in total. The average molecular weight is 357 g/mol. The number of likely N-dealkylation sites (tertiary alicyclic amines) is 1. The second kappa shape index (κ2) is 8.53. The number of nitrogens with zero attached hydrogens (tertiary/aromatic N) is 1. The first-order valence-corrected chi connectivity index (χ1v) is 10.3. The molecule has 4 rings (SSSR count). The van der Waals surface area contributed by atoms with Gasteiger partial charge in [0, 0.05) is 44.7 Å². The third kappa shape index (κ3) is 4.66. The molecule has 142 valence electrons. The molecule has 1 aromatic rings. The van der Waals surface area contributed by atoms with E-state index in [0.717, 1.165) is 71.4 Å². The Labute approximate surface area is 156 Å². The van der Waals surface area contributed by atoms with Crippen LogP contribution in [0.5, 0.6) is 0 Å². The number of rotatable bonds is 6. The van der Waals surface area contributed by atoms with Crippen molar-refractivity contribution in [1.82, 2.24) is 4.90 Å². The summed E-state index contributed by atoms with van der Waals surface area (Å²) < 4.78 is 11.9. The Morgan fingerprint density at radius 3 is 2.58 bits per heavy atom. The fourth-order valence-corrected chi connectivity index (χ4v) is 4.30. The zero-order valence-corrected chi connectivity index (χ0v) is 15.6. The molecule has 3 aliphatic rings. The van der Waals surface area contributed by atoms with Crippen LogP contribution in [0.1, 0.15) is 37.7 Å². The van der Waals surface area contributed by atoms with Crippen LogP contribution < -0.4 is 0 Å². The van der Waals surface area contributed by atoms with Crippen molar-refractivity contribution in [1.29, 1.82) is 0 Å². The Balaban J connectivity index is 1.38. The van der Waals surface area contributed by atoms with Crippen LogP contribution in [0.3, 0.4) is 0 Å². The molecule has 1 aromatic carbocycles. The largest absolute Gasteiger partial charge is 0.381 e. The molecule has 1 saturated carbocycles. The highest BCUT2D eigenvalue weighted by atomic mass is 16.5. The zero-order valence-electron chi connectivity index (χ0n) is 15.6. The first kappa shape index (κ1) is 18.0. The third-order valence-electron chi connectivity index (χ3n) is 6.13. The molecule has 0 spiro atoms. The monoisotopic (exact) mass is 357 g/mol. The van der Waals surface area contributed by atoms with Crippen molar-refractivity contribution in [2.75, 3.05) is 32.9 Å². The number of amides is 1. The van der Waals surface area contributed by atoms with Crippen LogP contribution >= 0.6 is 0 Å². The average Bonchev–Trinajstić information content (AvgIpc) is 3.53. The Bertz CT molecular complexity index is 580. The topological polar surface area (TPSA) is 38.8 Å². The minimum absolute atomic E-state index is 0.265. The van der Waals surface area contributed by atoms with E-state index < -0.39 is 0 Å². The van der Waals surface area contributed by atoms with E-state index in [1.807, 2.05) is 0 Å². The van der Waals surface area contributed by atoms with Gasteiger partial charge in [-0.25, -0.2) is 0 Å². The van der Waals surface area contributed by atoms with E-state index in [1.54, 1.807) is 0 Å². The Kier molecular flexibility index (Phi) is 5.91. The molecular formula is C22H31NO3. The van der Waals surface area contributed by atoms with Gasteiger partial charge in [0.25, 0.3) is 0 Å². The summed E-state index contributed by atoms with van der Waals surface area (Å²) in [7, 11) is 0. The predicted molar refractivity (Wildman–Crippen MR) is 101 cm³/mol. The van der Waals surface area contributed by atoms with E-state index in [0.29, 0.717) is 23.7 Å². The summed E-state index contributed by atoms with van der Waals surface area (Å²) in [6, 6.07) is 10.6. The fraction of sp³-hybridized carbons (Fsp3) is 0.682. The number of hydrogen-bond acceptors (Lipinski definition) is 3. The molecule has 0 radical (unpaired) electrons. The second-order valence-electron chi connectivity index (χ2n) is 8.22. The highest BCUT2D eigenvalue weighted by molar-refractivity contribution is 5.81. The Morgan fingerprint density at radius 1 is 1.08 bits per heavy atom. The number of carbonyl (C=O) groups is 1. The van der Waals surface area contributed by atoms with E-state index in [-0.39, 0.29) is 6.10 Å². The van der Waals surface area contributed by atoms with Gasteiger partial charge in [0.15, 0.2) is 0 Å². The summed E-state index contributed by atoms with van der Waals surface area (Å²) in [4.78, 5) is 14.7. The van der Waals surface area contributed by atoms with Crippen LogP contribution in [0.2, 0.25) is 0 Å². The van der Waals surface area contributed by atoms with Crippen molar-refractivity contribution in [3.05, 3.63) is 35.9 Å². The lowest BCUT2D eigenvalue weighted by Crippen LogP contribution is -2.48. The number of piperidine rings is 1. The predicted octanol–water partition coefficient (Wildman–Crippen LogP) is 3.30. The smallest absolute Gasteiger partial charge is 0.225 e. The van der Waals surface area contributed by atoms with Gasteiger partial charge >= 0.3 is 0 Å². The maximum Gasteiger partial charge on any atom is 0.225 e. The van der Waals surface area contributed by atoms with Gasteiger partial charge in [0.2, 0.25) is 5.91 Å². The van der Waals surface area contributed by atoms with Gasteiger partial charge in [-0.2, -0.15) is 0 Å². The van der Waals surface area contributed by atoms with Gasteiger partial charge < -0.3 is 14.4 Å². The molecule has 26 heavy (non-hydrogen) atoms. The summed E-state index contributed by atoms with van der Waals surface area (Å²) in [5.41, 5.74) is 1.35. The second-order valence-corrected chi connectivity index (χ2v) is 8.22. The van der Waals surface area contributed by atoms with E-state index >= 15 is 0 Å². The van der Waals surface area contributed by atoms with E-state index in [2.05, 4.69) is 35.2 Å². The van der Waals surface area contributed by atoms with Crippen LogP contribution in [0.15, 0.2) is 30.3 Å². The summed E-state index contributed by atoms with van der Waals surface area (Å²) in [6.07, 6.45) is 6.63. The molecule has 0 aromatic heterocycles. The highest BCUT2D eigenvalue weighted by Gasteiger charge is 2.38. The molecule has 3 fully saturated rings. The maximum absolute atomic E-state index is 12.5. The number of benzene rings is 1. The van der Waals surface area contributed by atoms with Crippen molar-refractivity contribution >= 4 is 5.91 Å². The van der Waals surface area contributed by atoms with Gasteiger partial charge in [-0.15, -0.1) is 0 Å². The van der Waals surface area contributed by atoms with Crippen LogP contribution in [0.4, 0.5) is 0 Å². The summed E-state index contributed by atoms with van der Waals surface area (Å²) in [6.45, 7) is 4.29. The minimum atomic E-state index is 0.265. The van der Waals surface area contributed by atoms with Gasteiger partial charge in [-0.3, -0.25) is 4.79 Å². The normalized spacial score (nSPS) is 27.5. The van der Waals surface area contributed by atoms with Crippen LogP contribution in [-0.2, 0) is 20.7 Å². The molecule has 0 unspecified atom stereocenters. The van der Waals surface area contributed by atoms with Gasteiger partial charge in [0.05, 0.1) is 6.10 Å². The molecule has 1 aliphatic carbocycles. The Hall–Kier alpha value is -1.39. The summed E-state index contributed by atoms with van der Waals surface area (Å²) >= 11 is 0. The van der Waals surface area contributed by atoms with Crippen molar-refractivity contribution in [3.63, 3.8) is 0 Å². The van der Waals surface area contributed by atoms with Crippen molar-refractivity contribution < 1.29 is 14.3 Å². The van der Waals surface area contributed by atoms with E-state index in [9.17, 15) is 4.79 Å². The molecule has 2 heterocycles. The molecule has 1 amide bonds. The lowest BCUT2D eigenvalue weighted by molar-refractivity contribution is -0.138. The van der Waals surface area contributed by atoms with E-state index in [4.69, 9.17) is 9.47 Å². The van der Waals surface area contributed by atoms with Gasteiger partial charge in [-0.1, -0.05) is 30.3 Å². The lowest BCUT2D eigenvalue weighted by Gasteiger charge is -2.39. The quantitative estimate of drug-likeness (QED) is 0.784. The molecule has 2 atom stereocenters. The summed E-state index contributed by atoms with van der Waals surface area (Å²) in [5, 5.41) is 0. The standard InChI is InChI=1S/C22H31NO3/c24-22(19-6-7-19)23-11-8-21(26-16-18-9-12-25-13-10-18)20(15-23)14-17-4-2-1-3-5-17/h1-5,18-21H,6-16H2/t20-,21-/m0/s1. The van der Waals surface area contributed by atoms with Crippen molar-refractivity contribution in [3.8, 4) is 0 Å². The van der Waals surface area contributed by atoms with Gasteiger partial charge in [0.1, 0.15) is 0 Å². The first-order chi connectivity index (χ1) is 12.8. The minimum Gasteiger partial charge on any atom is -0.381 e. The summed E-state index contributed by atoms with van der Waals surface area (Å²) in [5.74, 6) is 1.72. The van der Waals surface area contributed by atoms with Crippen LogP contribution in [0.25, 0.3) is 0 Å². The fourth-order valence-electron chi connectivity index (χ4n) is 4.30. The zero-order chi connectivity index (χ0) is 17.8. The maximum atomic E-state index is 12.5. The van der Waals surface area contributed by atoms with Crippen LogP contribution in [-0.4, -0.2) is 49.8 Å². The number of hydrogen-bond donors (Lipinski definition) is 0. The number of ether oxygens (including phenoxy) is 2. The molecule has 2 aliphatic heterocycles. The first-order valence-electron chi connectivity index (χ1n) is 10.3. The molecular weight excluding hydrogens is 326 g/mol. The molecule has 4 heteroatoms. The molecule has 2 saturated heterocycles. The molecule has 0 N–H and O–H groups in total. The molecule has 0 bridgehead atoms. The third-order valence-corrected chi connectivity index (χ3v) is 6.13. The van der Waals surface area contributed by atoms with Gasteiger partial charge in [-0.05, 0) is 50.0 Å². The van der Waals surface area contributed by atoms with Crippen molar-refractivity contribution in [2.24, 2.45) is 17.8 Å². The Morgan fingerprint density at radius 2 is 1.85 bits per heavy atom. The van der Waals surface area contributed by atoms with E-state index in [1.165, 1.54) is 5.56 Å². The van der Waals surface area contributed by atoms with Crippen LogP contribution in [0, 0.1) is 17.8 Å².